The number of hydrogen-bond acceptors (Lipinski definition) is 5. The van der Waals surface area contributed by atoms with E-state index in [1.54, 1.807) is 23.3 Å². The van der Waals surface area contributed by atoms with Gasteiger partial charge in [0.1, 0.15) is 0 Å². The molecule has 0 bridgehead atoms. The van der Waals surface area contributed by atoms with Gasteiger partial charge in [0.15, 0.2) is 11.6 Å². The molecule has 0 radical (unpaired) electrons. The van der Waals surface area contributed by atoms with Gasteiger partial charge in [-0.05, 0) is 32.4 Å². The molecule has 21 heavy (non-hydrogen) atoms. The van der Waals surface area contributed by atoms with Crippen LogP contribution in [0, 0.1) is 0 Å². The SMILES string of the molecule is CC(C)NC(=O)N1CC[C@@H](c2noc(-c3ccco3)n2)C1. The molecule has 1 aliphatic rings. The summed E-state index contributed by atoms with van der Waals surface area (Å²) in [6.45, 7) is 5.20. The maximum Gasteiger partial charge on any atom is 0.317 e. The third kappa shape index (κ3) is 2.91. The molecule has 0 spiro atoms. The summed E-state index contributed by atoms with van der Waals surface area (Å²) in [6.07, 6.45) is 2.40. The van der Waals surface area contributed by atoms with E-state index in [9.17, 15) is 4.79 Å². The van der Waals surface area contributed by atoms with Crippen LogP contribution in [0.25, 0.3) is 11.7 Å². The van der Waals surface area contributed by atoms with Crippen LogP contribution in [0.4, 0.5) is 4.79 Å². The Kier molecular flexibility index (Phi) is 3.64. The van der Waals surface area contributed by atoms with Crippen LogP contribution >= 0.6 is 0 Å². The van der Waals surface area contributed by atoms with Crippen molar-refractivity contribution in [3.63, 3.8) is 0 Å². The van der Waals surface area contributed by atoms with Gasteiger partial charge >= 0.3 is 6.03 Å². The molecule has 0 unspecified atom stereocenters. The van der Waals surface area contributed by atoms with E-state index in [1.165, 1.54) is 0 Å². The minimum Gasteiger partial charge on any atom is -0.459 e. The van der Waals surface area contributed by atoms with Crippen molar-refractivity contribution in [3.05, 3.63) is 24.2 Å². The van der Waals surface area contributed by atoms with Gasteiger partial charge in [0, 0.05) is 25.0 Å². The number of carbonyl (C=O) groups is 1. The number of likely N-dealkylation sites (tertiary alicyclic amines) is 1. The standard InChI is InChI=1S/C14H18N4O3/c1-9(2)15-14(19)18-6-5-10(8-18)12-16-13(21-17-12)11-4-3-7-20-11/h3-4,7,9-10H,5-6,8H2,1-2H3,(H,15,19)/t10-/m1/s1. The highest BCUT2D eigenvalue weighted by Gasteiger charge is 2.31. The van der Waals surface area contributed by atoms with Crippen LogP contribution in [0.15, 0.2) is 27.3 Å². The Morgan fingerprint density at radius 2 is 2.38 bits per heavy atom. The molecule has 1 aliphatic heterocycles. The average molecular weight is 290 g/mol. The zero-order valence-corrected chi connectivity index (χ0v) is 12.1. The van der Waals surface area contributed by atoms with Crippen molar-refractivity contribution < 1.29 is 13.7 Å². The molecule has 7 nitrogen and oxygen atoms in total. The molecule has 1 saturated heterocycles. The zero-order chi connectivity index (χ0) is 14.8. The molecule has 1 atom stereocenters. The zero-order valence-electron chi connectivity index (χ0n) is 12.1. The van der Waals surface area contributed by atoms with Crippen molar-refractivity contribution in [1.82, 2.24) is 20.4 Å². The Balaban J connectivity index is 1.65. The van der Waals surface area contributed by atoms with Gasteiger partial charge in [-0.15, -0.1) is 0 Å². The summed E-state index contributed by atoms with van der Waals surface area (Å²) in [7, 11) is 0. The van der Waals surface area contributed by atoms with E-state index in [1.807, 2.05) is 13.8 Å². The van der Waals surface area contributed by atoms with Crippen LogP contribution in [0.5, 0.6) is 0 Å². The highest BCUT2D eigenvalue weighted by molar-refractivity contribution is 5.74. The number of hydrogen-bond donors (Lipinski definition) is 1. The van der Waals surface area contributed by atoms with Crippen molar-refractivity contribution in [2.75, 3.05) is 13.1 Å². The van der Waals surface area contributed by atoms with Gasteiger partial charge in [-0.1, -0.05) is 5.16 Å². The van der Waals surface area contributed by atoms with E-state index in [0.29, 0.717) is 30.6 Å². The molecule has 0 aliphatic carbocycles. The van der Waals surface area contributed by atoms with E-state index >= 15 is 0 Å². The highest BCUT2D eigenvalue weighted by Crippen LogP contribution is 2.27. The first-order chi connectivity index (χ1) is 10.1. The highest BCUT2D eigenvalue weighted by atomic mass is 16.5. The minimum absolute atomic E-state index is 0.0396. The van der Waals surface area contributed by atoms with Gasteiger partial charge in [-0.2, -0.15) is 4.98 Å². The number of carbonyl (C=O) groups excluding carboxylic acids is 1. The van der Waals surface area contributed by atoms with Gasteiger partial charge in [-0.25, -0.2) is 4.79 Å². The van der Waals surface area contributed by atoms with Crippen molar-refractivity contribution in [2.24, 2.45) is 0 Å². The number of rotatable bonds is 3. The fourth-order valence-electron chi connectivity index (χ4n) is 2.39. The van der Waals surface area contributed by atoms with Crippen molar-refractivity contribution in [3.8, 4) is 11.7 Å². The molecule has 1 N–H and O–H groups in total. The normalized spacial score (nSPS) is 18.4. The van der Waals surface area contributed by atoms with E-state index in [4.69, 9.17) is 8.94 Å². The summed E-state index contributed by atoms with van der Waals surface area (Å²) in [5.74, 6) is 1.66. The monoisotopic (exact) mass is 290 g/mol. The minimum atomic E-state index is -0.0396. The molecule has 2 aromatic heterocycles. The van der Waals surface area contributed by atoms with Crippen LogP contribution < -0.4 is 5.32 Å². The summed E-state index contributed by atoms with van der Waals surface area (Å²) in [6, 6.07) is 3.63. The molecule has 0 aromatic carbocycles. The summed E-state index contributed by atoms with van der Waals surface area (Å²) >= 11 is 0. The third-order valence-electron chi connectivity index (χ3n) is 3.43. The molecular weight excluding hydrogens is 272 g/mol. The molecule has 1 fully saturated rings. The second kappa shape index (κ2) is 5.59. The first-order valence-electron chi connectivity index (χ1n) is 7.06. The molecular formula is C14H18N4O3. The van der Waals surface area contributed by atoms with E-state index in [2.05, 4.69) is 15.5 Å². The first kappa shape index (κ1) is 13.7. The quantitative estimate of drug-likeness (QED) is 0.937. The number of urea groups is 1. The van der Waals surface area contributed by atoms with Crippen LogP contribution in [0.3, 0.4) is 0 Å². The maximum atomic E-state index is 12.0. The van der Waals surface area contributed by atoms with Crippen molar-refractivity contribution in [2.45, 2.75) is 32.2 Å². The molecule has 3 heterocycles. The Morgan fingerprint density at radius 1 is 1.52 bits per heavy atom. The fraction of sp³-hybridized carbons (Fsp3) is 0.500. The number of nitrogens with one attached hydrogen (secondary N) is 1. The second-order valence-electron chi connectivity index (χ2n) is 5.47. The summed E-state index contributed by atoms with van der Waals surface area (Å²) in [4.78, 5) is 18.1. The summed E-state index contributed by atoms with van der Waals surface area (Å²) in [5, 5.41) is 6.90. The molecule has 2 amide bonds. The van der Waals surface area contributed by atoms with Crippen molar-refractivity contribution >= 4 is 6.03 Å². The molecule has 112 valence electrons. The smallest absolute Gasteiger partial charge is 0.317 e. The molecule has 2 aromatic rings. The predicted molar refractivity (Wildman–Crippen MR) is 74.6 cm³/mol. The molecule has 3 rings (SSSR count). The lowest BCUT2D eigenvalue weighted by Crippen LogP contribution is -2.41. The Hall–Kier alpha value is -2.31. The lowest BCUT2D eigenvalue weighted by molar-refractivity contribution is 0.205. The Morgan fingerprint density at radius 3 is 3.10 bits per heavy atom. The Labute approximate surface area is 122 Å². The topological polar surface area (TPSA) is 84.4 Å². The van der Waals surface area contributed by atoms with Gasteiger partial charge < -0.3 is 19.2 Å². The number of aromatic nitrogens is 2. The van der Waals surface area contributed by atoms with Gasteiger partial charge in [0.05, 0.1) is 6.26 Å². The largest absolute Gasteiger partial charge is 0.459 e. The maximum absolute atomic E-state index is 12.0. The number of nitrogens with zero attached hydrogens (tertiary/aromatic N) is 3. The van der Waals surface area contributed by atoms with Gasteiger partial charge in [0.25, 0.3) is 5.89 Å². The second-order valence-corrected chi connectivity index (χ2v) is 5.47. The van der Waals surface area contributed by atoms with Gasteiger partial charge in [0.2, 0.25) is 0 Å². The van der Waals surface area contributed by atoms with Gasteiger partial charge in [-0.3, -0.25) is 0 Å². The lowest BCUT2D eigenvalue weighted by atomic mass is 10.1. The number of amides is 2. The first-order valence-corrected chi connectivity index (χ1v) is 7.06. The summed E-state index contributed by atoms with van der Waals surface area (Å²) < 4.78 is 10.4. The summed E-state index contributed by atoms with van der Waals surface area (Å²) in [5.41, 5.74) is 0. The third-order valence-corrected chi connectivity index (χ3v) is 3.43. The fourth-order valence-corrected chi connectivity index (χ4v) is 2.39. The average Bonchev–Trinajstić information content (AvgIpc) is 3.18. The van der Waals surface area contributed by atoms with E-state index in [0.717, 1.165) is 6.42 Å². The van der Waals surface area contributed by atoms with E-state index in [-0.39, 0.29) is 18.0 Å². The molecule has 0 saturated carbocycles. The lowest BCUT2D eigenvalue weighted by Gasteiger charge is -2.18. The molecule has 7 heteroatoms. The van der Waals surface area contributed by atoms with Crippen LogP contribution in [-0.4, -0.2) is 40.2 Å². The van der Waals surface area contributed by atoms with E-state index < -0.39 is 0 Å². The predicted octanol–water partition coefficient (Wildman–Crippen LogP) is 2.24. The van der Waals surface area contributed by atoms with Crippen LogP contribution in [0.2, 0.25) is 0 Å². The Bertz CT molecular complexity index is 606. The van der Waals surface area contributed by atoms with Crippen LogP contribution in [0.1, 0.15) is 32.0 Å². The van der Waals surface area contributed by atoms with Crippen molar-refractivity contribution in [1.29, 1.82) is 0 Å². The number of furan rings is 1. The van der Waals surface area contributed by atoms with Crippen LogP contribution in [-0.2, 0) is 0 Å².